The Labute approximate surface area is 185 Å². The van der Waals surface area contributed by atoms with Crippen LogP contribution in [0.15, 0.2) is 30.9 Å². The summed E-state index contributed by atoms with van der Waals surface area (Å²) >= 11 is 0. The Morgan fingerprint density at radius 1 is 0.938 bits per heavy atom. The molecule has 0 saturated heterocycles. The molecular formula is C23H25N9. The molecule has 0 aromatic carbocycles. The average Bonchev–Trinajstić information content (AvgIpc) is 3.52. The number of aromatic nitrogens is 7. The number of nitrogens with zero attached hydrogens (tertiary/aromatic N) is 9. The van der Waals surface area contributed by atoms with Gasteiger partial charge in [-0.1, -0.05) is 0 Å². The van der Waals surface area contributed by atoms with Crippen molar-refractivity contribution in [2.24, 2.45) is 0 Å². The first kappa shape index (κ1) is 18.1. The fraction of sp³-hybridized carbons (Fsp3) is 0.435. The summed E-state index contributed by atoms with van der Waals surface area (Å²) in [6.45, 7) is 3.74. The summed E-state index contributed by atoms with van der Waals surface area (Å²) in [4.78, 5) is 9.63. The number of rotatable bonds is 2. The van der Waals surface area contributed by atoms with Gasteiger partial charge in [0, 0.05) is 55.5 Å². The maximum Gasteiger partial charge on any atom is 0.181 e. The molecule has 1 aliphatic carbocycles. The molecule has 3 aliphatic rings. The van der Waals surface area contributed by atoms with Crippen LogP contribution in [0, 0.1) is 0 Å². The van der Waals surface area contributed by atoms with Crippen LogP contribution in [0.1, 0.15) is 41.6 Å². The SMILES string of the molecule is c1cc2n(n1)CCCN2c1cnc2c(c1)CN(c1nn3cnnc3c3c1CCCC3)CC2. The zero-order valence-corrected chi connectivity index (χ0v) is 18.0. The molecule has 9 heteroatoms. The molecule has 0 radical (unpaired) electrons. The fourth-order valence-corrected chi connectivity index (χ4v) is 5.54. The lowest BCUT2D eigenvalue weighted by atomic mass is 9.92. The van der Waals surface area contributed by atoms with Crippen LogP contribution in [0.5, 0.6) is 0 Å². The van der Waals surface area contributed by atoms with Crippen LogP contribution in [0.2, 0.25) is 0 Å². The molecule has 0 N–H and O–H groups in total. The second-order valence-corrected chi connectivity index (χ2v) is 8.98. The molecule has 4 aromatic heterocycles. The Kier molecular flexibility index (Phi) is 3.97. The monoisotopic (exact) mass is 427 g/mol. The lowest BCUT2D eigenvalue weighted by molar-refractivity contribution is 0.541. The third-order valence-electron chi connectivity index (χ3n) is 7.10. The Morgan fingerprint density at radius 3 is 2.84 bits per heavy atom. The molecule has 7 rings (SSSR count). The molecule has 6 heterocycles. The molecular weight excluding hydrogens is 402 g/mol. The lowest BCUT2D eigenvalue weighted by Crippen LogP contribution is -2.34. The van der Waals surface area contributed by atoms with Crippen molar-refractivity contribution >= 4 is 23.0 Å². The lowest BCUT2D eigenvalue weighted by Gasteiger charge is -2.34. The number of pyridine rings is 1. The Morgan fingerprint density at radius 2 is 1.88 bits per heavy atom. The van der Waals surface area contributed by atoms with Crippen molar-refractivity contribution in [3.8, 4) is 0 Å². The van der Waals surface area contributed by atoms with Gasteiger partial charge in [0.2, 0.25) is 0 Å². The van der Waals surface area contributed by atoms with E-state index in [1.165, 1.54) is 35.2 Å². The molecule has 162 valence electrons. The maximum absolute atomic E-state index is 4.96. The third kappa shape index (κ3) is 2.73. The molecule has 0 atom stereocenters. The summed E-state index contributed by atoms with van der Waals surface area (Å²) < 4.78 is 3.94. The summed E-state index contributed by atoms with van der Waals surface area (Å²) in [7, 11) is 0. The normalized spacial score (nSPS) is 17.9. The molecule has 0 fully saturated rings. The minimum absolute atomic E-state index is 0.830. The van der Waals surface area contributed by atoms with Gasteiger partial charge < -0.3 is 9.80 Å². The quantitative estimate of drug-likeness (QED) is 0.487. The summed E-state index contributed by atoms with van der Waals surface area (Å²) in [5, 5.41) is 17.9. The predicted octanol–water partition coefficient (Wildman–Crippen LogP) is 2.70. The topological polar surface area (TPSA) is 80.3 Å². The van der Waals surface area contributed by atoms with Gasteiger partial charge in [0.15, 0.2) is 11.5 Å². The highest BCUT2D eigenvalue weighted by atomic mass is 15.4. The van der Waals surface area contributed by atoms with E-state index in [-0.39, 0.29) is 0 Å². The van der Waals surface area contributed by atoms with Crippen LogP contribution in [-0.4, -0.2) is 47.7 Å². The van der Waals surface area contributed by atoms with E-state index in [9.17, 15) is 0 Å². The third-order valence-corrected chi connectivity index (χ3v) is 7.10. The zero-order chi connectivity index (χ0) is 21.1. The molecule has 0 spiro atoms. The van der Waals surface area contributed by atoms with E-state index in [0.29, 0.717) is 0 Å². The smallest absolute Gasteiger partial charge is 0.181 e. The minimum Gasteiger partial charge on any atom is -0.350 e. The molecule has 4 aromatic rings. The number of anilines is 3. The fourth-order valence-electron chi connectivity index (χ4n) is 5.54. The van der Waals surface area contributed by atoms with Gasteiger partial charge in [-0.05, 0) is 43.7 Å². The highest BCUT2D eigenvalue weighted by Gasteiger charge is 2.27. The first-order valence-electron chi connectivity index (χ1n) is 11.6. The van der Waals surface area contributed by atoms with Gasteiger partial charge in [0.25, 0.3) is 0 Å². The largest absolute Gasteiger partial charge is 0.350 e. The summed E-state index contributed by atoms with van der Waals surface area (Å²) in [5.74, 6) is 2.25. The van der Waals surface area contributed by atoms with Gasteiger partial charge >= 0.3 is 0 Å². The molecule has 0 saturated carbocycles. The van der Waals surface area contributed by atoms with Crippen LogP contribution in [0.25, 0.3) is 5.65 Å². The van der Waals surface area contributed by atoms with Crippen molar-refractivity contribution in [3.63, 3.8) is 0 Å². The van der Waals surface area contributed by atoms with Crippen molar-refractivity contribution in [2.75, 3.05) is 22.9 Å². The number of aryl methyl sites for hydroxylation is 2. The molecule has 9 nitrogen and oxygen atoms in total. The summed E-state index contributed by atoms with van der Waals surface area (Å²) in [6.07, 6.45) is 12.2. The van der Waals surface area contributed by atoms with E-state index in [2.05, 4.69) is 41.9 Å². The highest BCUT2D eigenvalue weighted by molar-refractivity contribution is 5.64. The highest BCUT2D eigenvalue weighted by Crippen LogP contribution is 2.35. The van der Waals surface area contributed by atoms with Crippen LogP contribution < -0.4 is 9.80 Å². The number of fused-ring (bicyclic) bond motifs is 5. The van der Waals surface area contributed by atoms with E-state index in [1.807, 2.05) is 16.9 Å². The first-order chi connectivity index (χ1) is 15.8. The van der Waals surface area contributed by atoms with Crippen molar-refractivity contribution < 1.29 is 0 Å². The standard InChI is InChI=1S/C23H25N9/c1-2-5-19-18(4-1)22-27-25-15-32(22)28-23(19)29-11-7-20-16(14-29)12-17(13-24-20)30-9-3-10-31-21(30)6-8-26-31/h6,8,12-13,15H,1-5,7,9-11,14H2. The minimum atomic E-state index is 0.830. The van der Waals surface area contributed by atoms with Crippen LogP contribution in [0.4, 0.5) is 17.3 Å². The van der Waals surface area contributed by atoms with E-state index in [4.69, 9.17) is 10.1 Å². The average molecular weight is 428 g/mol. The zero-order valence-electron chi connectivity index (χ0n) is 18.0. The van der Waals surface area contributed by atoms with Crippen molar-refractivity contribution in [3.05, 3.63) is 53.2 Å². The van der Waals surface area contributed by atoms with Crippen LogP contribution >= 0.6 is 0 Å². The van der Waals surface area contributed by atoms with Gasteiger partial charge in [-0.3, -0.25) is 4.98 Å². The Balaban J connectivity index is 1.26. The van der Waals surface area contributed by atoms with E-state index < -0.39 is 0 Å². The number of hydrogen-bond acceptors (Lipinski definition) is 7. The van der Waals surface area contributed by atoms with Crippen LogP contribution in [-0.2, 0) is 32.4 Å². The second-order valence-electron chi connectivity index (χ2n) is 8.98. The Hall–Kier alpha value is -3.49. The van der Waals surface area contributed by atoms with E-state index in [1.54, 1.807) is 6.33 Å². The van der Waals surface area contributed by atoms with E-state index in [0.717, 1.165) is 74.8 Å². The Bertz CT molecular complexity index is 1320. The molecule has 0 unspecified atom stereocenters. The van der Waals surface area contributed by atoms with Gasteiger partial charge in [-0.15, -0.1) is 15.3 Å². The summed E-state index contributed by atoms with van der Waals surface area (Å²) in [5.41, 5.74) is 7.26. The molecule has 0 amide bonds. The van der Waals surface area contributed by atoms with Gasteiger partial charge in [-0.2, -0.15) is 9.61 Å². The van der Waals surface area contributed by atoms with Gasteiger partial charge in [-0.25, -0.2) is 4.68 Å². The van der Waals surface area contributed by atoms with Gasteiger partial charge in [0.1, 0.15) is 12.1 Å². The van der Waals surface area contributed by atoms with Crippen LogP contribution in [0.3, 0.4) is 0 Å². The van der Waals surface area contributed by atoms with Crippen molar-refractivity contribution in [2.45, 2.75) is 51.6 Å². The summed E-state index contributed by atoms with van der Waals surface area (Å²) in [6, 6.07) is 4.41. The number of hydrogen-bond donors (Lipinski definition) is 0. The predicted molar refractivity (Wildman–Crippen MR) is 120 cm³/mol. The first-order valence-corrected chi connectivity index (χ1v) is 11.6. The molecule has 2 aliphatic heterocycles. The maximum atomic E-state index is 4.96. The molecule has 0 bridgehead atoms. The van der Waals surface area contributed by atoms with Crippen molar-refractivity contribution in [1.29, 1.82) is 0 Å². The van der Waals surface area contributed by atoms with E-state index >= 15 is 0 Å². The van der Waals surface area contributed by atoms with Crippen molar-refractivity contribution in [1.82, 2.24) is 34.6 Å². The molecule has 32 heavy (non-hydrogen) atoms. The van der Waals surface area contributed by atoms with Gasteiger partial charge in [0.05, 0.1) is 18.1 Å². The second kappa shape index (κ2) is 7.01.